The van der Waals surface area contributed by atoms with Gasteiger partial charge in [-0.3, -0.25) is 9.10 Å². The van der Waals surface area contributed by atoms with Gasteiger partial charge in [0, 0.05) is 12.6 Å². The number of hydrogen-bond acceptors (Lipinski definition) is 5. The van der Waals surface area contributed by atoms with Gasteiger partial charge in [-0.1, -0.05) is 6.07 Å². The maximum absolute atomic E-state index is 13.5. The van der Waals surface area contributed by atoms with Crippen molar-refractivity contribution >= 4 is 21.6 Å². The molecule has 0 saturated heterocycles. The van der Waals surface area contributed by atoms with Crippen molar-refractivity contribution in [3.05, 3.63) is 53.6 Å². The molecule has 0 spiro atoms. The summed E-state index contributed by atoms with van der Waals surface area (Å²) in [6.07, 6.45) is 2.14. The number of halogens is 2. The van der Waals surface area contributed by atoms with Crippen LogP contribution in [-0.4, -0.2) is 47.9 Å². The Balaban J connectivity index is 1.92. The number of hydrogen-bond donors (Lipinski definition) is 1. The van der Waals surface area contributed by atoms with Crippen LogP contribution in [0.2, 0.25) is 0 Å². The summed E-state index contributed by atoms with van der Waals surface area (Å²) in [5.41, 5.74) is 0.860. The molecule has 0 aliphatic carbocycles. The number of anilines is 1. The quantitative estimate of drug-likeness (QED) is 0.572. The molecule has 10 heteroatoms. The van der Waals surface area contributed by atoms with E-state index < -0.39 is 34.1 Å². The molecule has 0 atom stereocenters. The molecule has 1 N–H and O–H groups in total. The standard InChI is InChI=1S/C20H24F2N2O5S/c1-28-18-9-6-14(11-19(18)29-2)5-4-10-23-20(25)13-24(30(3,26)27)15-7-8-16(21)17(22)12-15/h6-9,11-12H,4-5,10,13H2,1-3H3,(H,23,25). The third kappa shape index (κ3) is 6.31. The molecule has 0 aliphatic rings. The molecule has 2 aromatic rings. The number of nitrogens with one attached hydrogen (secondary N) is 1. The lowest BCUT2D eigenvalue weighted by molar-refractivity contribution is -0.119. The number of carbonyl (C=O) groups excluding carboxylic acids is 1. The van der Waals surface area contributed by atoms with Crippen LogP contribution in [0.1, 0.15) is 12.0 Å². The summed E-state index contributed by atoms with van der Waals surface area (Å²) in [4.78, 5) is 12.2. The Bertz CT molecular complexity index is 999. The first-order valence-corrected chi connectivity index (χ1v) is 10.9. The van der Waals surface area contributed by atoms with Crippen molar-refractivity contribution in [2.75, 3.05) is 37.9 Å². The van der Waals surface area contributed by atoms with E-state index in [1.165, 1.54) is 0 Å². The molecule has 0 aromatic heterocycles. The number of benzene rings is 2. The second kappa shape index (κ2) is 10.2. The van der Waals surface area contributed by atoms with Gasteiger partial charge in [-0.15, -0.1) is 0 Å². The van der Waals surface area contributed by atoms with E-state index in [-0.39, 0.29) is 5.69 Å². The van der Waals surface area contributed by atoms with E-state index in [9.17, 15) is 22.0 Å². The monoisotopic (exact) mass is 442 g/mol. The highest BCUT2D eigenvalue weighted by atomic mass is 32.2. The third-order valence-corrected chi connectivity index (χ3v) is 5.43. The topological polar surface area (TPSA) is 84.9 Å². The van der Waals surface area contributed by atoms with Crippen LogP contribution >= 0.6 is 0 Å². The number of rotatable bonds is 10. The normalized spacial score (nSPS) is 11.1. The van der Waals surface area contributed by atoms with E-state index in [1.54, 1.807) is 20.3 Å². The molecule has 2 aromatic carbocycles. The van der Waals surface area contributed by atoms with Crippen molar-refractivity contribution in [2.24, 2.45) is 0 Å². The molecule has 0 radical (unpaired) electrons. The molecule has 2 rings (SSSR count). The predicted molar refractivity (Wildman–Crippen MR) is 109 cm³/mol. The molecular formula is C20H24F2N2O5S. The number of amides is 1. The van der Waals surface area contributed by atoms with Gasteiger partial charge < -0.3 is 14.8 Å². The Morgan fingerprint density at radius 3 is 2.33 bits per heavy atom. The average Bonchev–Trinajstić information content (AvgIpc) is 2.70. The zero-order valence-electron chi connectivity index (χ0n) is 16.9. The summed E-state index contributed by atoms with van der Waals surface area (Å²) in [5, 5.41) is 2.63. The van der Waals surface area contributed by atoms with Crippen molar-refractivity contribution < 1.29 is 31.5 Å². The molecule has 0 saturated carbocycles. The molecule has 0 heterocycles. The fraction of sp³-hybridized carbons (Fsp3) is 0.350. The zero-order chi connectivity index (χ0) is 22.3. The summed E-state index contributed by atoms with van der Waals surface area (Å²) in [5.74, 6) is -1.64. The fourth-order valence-electron chi connectivity index (χ4n) is 2.78. The smallest absolute Gasteiger partial charge is 0.240 e. The van der Waals surface area contributed by atoms with Gasteiger partial charge in [0.25, 0.3) is 0 Å². The fourth-order valence-corrected chi connectivity index (χ4v) is 3.63. The minimum absolute atomic E-state index is 0.128. The van der Waals surface area contributed by atoms with Crippen molar-refractivity contribution in [1.82, 2.24) is 5.32 Å². The zero-order valence-corrected chi connectivity index (χ0v) is 17.8. The van der Waals surface area contributed by atoms with Crippen molar-refractivity contribution in [3.8, 4) is 11.5 Å². The predicted octanol–water partition coefficient (Wildman–Crippen LogP) is 2.50. The molecule has 1 amide bonds. The van der Waals surface area contributed by atoms with Crippen LogP contribution in [0.25, 0.3) is 0 Å². The molecular weight excluding hydrogens is 418 g/mol. The number of aryl methyl sites for hydroxylation is 1. The summed E-state index contributed by atoms with van der Waals surface area (Å²) in [7, 11) is -0.780. The van der Waals surface area contributed by atoms with Crippen LogP contribution in [0.5, 0.6) is 11.5 Å². The Morgan fingerprint density at radius 2 is 1.73 bits per heavy atom. The first-order valence-electron chi connectivity index (χ1n) is 9.06. The SMILES string of the molecule is COc1ccc(CCCNC(=O)CN(c2ccc(F)c(F)c2)S(C)(=O)=O)cc1OC. The molecule has 164 valence electrons. The molecule has 0 unspecified atom stereocenters. The van der Waals surface area contributed by atoms with E-state index in [1.807, 2.05) is 12.1 Å². The van der Waals surface area contributed by atoms with E-state index in [0.717, 1.165) is 34.3 Å². The van der Waals surface area contributed by atoms with Gasteiger partial charge in [0.2, 0.25) is 15.9 Å². The first-order chi connectivity index (χ1) is 14.2. The molecule has 0 fully saturated rings. The highest BCUT2D eigenvalue weighted by Crippen LogP contribution is 2.28. The third-order valence-electron chi connectivity index (χ3n) is 4.29. The second-order valence-corrected chi connectivity index (χ2v) is 8.42. The van der Waals surface area contributed by atoms with E-state index >= 15 is 0 Å². The number of nitrogens with zero attached hydrogens (tertiary/aromatic N) is 1. The van der Waals surface area contributed by atoms with Crippen molar-refractivity contribution in [2.45, 2.75) is 12.8 Å². The van der Waals surface area contributed by atoms with Crippen LogP contribution < -0.4 is 19.1 Å². The molecule has 7 nitrogen and oxygen atoms in total. The lowest BCUT2D eigenvalue weighted by Gasteiger charge is -2.22. The number of methoxy groups -OCH3 is 2. The Hall–Kier alpha value is -2.88. The van der Waals surface area contributed by atoms with Crippen LogP contribution in [0.15, 0.2) is 36.4 Å². The summed E-state index contributed by atoms with van der Waals surface area (Å²) < 4.78 is 61.7. The Labute approximate surface area is 174 Å². The van der Waals surface area contributed by atoms with Crippen LogP contribution in [0.4, 0.5) is 14.5 Å². The summed E-state index contributed by atoms with van der Waals surface area (Å²) in [6.45, 7) is -0.233. The van der Waals surface area contributed by atoms with E-state index in [4.69, 9.17) is 9.47 Å². The number of sulfonamides is 1. The number of ether oxygens (including phenoxy) is 2. The lowest BCUT2D eigenvalue weighted by atomic mass is 10.1. The van der Waals surface area contributed by atoms with Gasteiger partial charge in [0.1, 0.15) is 6.54 Å². The average molecular weight is 442 g/mol. The van der Waals surface area contributed by atoms with E-state index in [2.05, 4.69) is 5.32 Å². The lowest BCUT2D eigenvalue weighted by Crippen LogP contribution is -2.40. The molecule has 0 bridgehead atoms. The highest BCUT2D eigenvalue weighted by Gasteiger charge is 2.22. The molecule has 0 aliphatic heterocycles. The summed E-state index contributed by atoms with van der Waals surface area (Å²) in [6, 6.07) is 8.17. The van der Waals surface area contributed by atoms with Crippen LogP contribution in [0.3, 0.4) is 0 Å². The van der Waals surface area contributed by atoms with Gasteiger partial charge in [-0.2, -0.15) is 0 Å². The van der Waals surface area contributed by atoms with E-state index in [0.29, 0.717) is 30.9 Å². The van der Waals surface area contributed by atoms with Crippen molar-refractivity contribution in [1.29, 1.82) is 0 Å². The maximum atomic E-state index is 13.5. The Kier molecular flexibility index (Phi) is 7.99. The maximum Gasteiger partial charge on any atom is 0.240 e. The van der Waals surface area contributed by atoms with Gasteiger partial charge in [0.15, 0.2) is 23.1 Å². The minimum Gasteiger partial charge on any atom is -0.493 e. The Morgan fingerprint density at radius 1 is 1.03 bits per heavy atom. The molecule has 30 heavy (non-hydrogen) atoms. The number of carbonyl (C=O) groups is 1. The van der Waals surface area contributed by atoms with Crippen LogP contribution in [0, 0.1) is 11.6 Å². The first kappa shape index (κ1) is 23.4. The second-order valence-electron chi connectivity index (χ2n) is 6.51. The summed E-state index contributed by atoms with van der Waals surface area (Å²) >= 11 is 0. The van der Waals surface area contributed by atoms with Gasteiger partial charge in [-0.05, 0) is 42.7 Å². The highest BCUT2D eigenvalue weighted by molar-refractivity contribution is 7.92. The van der Waals surface area contributed by atoms with Gasteiger partial charge in [-0.25, -0.2) is 17.2 Å². The van der Waals surface area contributed by atoms with Crippen molar-refractivity contribution in [3.63, 3.8) is 0 Å². The minimum atomic E-state index is -3.87. The largest absolute Gasteiger partial charge is 0.493 e. The van der Waals surface area contributed by atoms with Gasteiger partial charge in [0.05, 0.1) is 26.2 Å². The van der Waals surface area contributed by atoms with Crippen LogP contribution in [-0.2, 0) is 21.2 Å². The van der Waals surface area contributed by atoms with Gasteiger partial charge >= 0.3 is 0 Å².